The molecule has 1 unspecified atom stereocenters. The molecule has 1 aromatic heterocycles. The van der Waals surface area contributed by atoms with Crippen molar-refractivity contribution < 1.29 is 0 Å². The molecule has 0 radical (unpaired) electrons. The van der Waals surface area contributed by atoms with Crippen molar-refractivity contribution in [1.82, 2.24) is 4.57 Å². The molecule has 0 aliphatic heterocycles. The highest BCUT2D eigenvalue weighted by Gasteiger charge is 2.25. The molecule has 2 aromatic rings. The molecule has 0 saturated heterocycles. The second kappa shape index (κ2) is 4.56. The number of para-hydroxylation sites is 1. The largest absolute Gasteiger partial charge is 0.344 e. The Morgan fingerprint density at radius 1 is 1.12 bits per heavy atom. The monoisotopic (exact) mass is 229 g/mol. The quantitative estimate of drug-likeness (QED) is 0.695. The van der Waals surface area contributed by atoms with Gasteiger partial charge in [0.15, 0.2) is 0 Å². The average molecular weight is 229 g/mol. The number of nitrogens with zero attached hydrogens (tertiary/aromatic N) is 1. The number of hydrogen-bond acceptors (Lipinski definition) is 0. The second-order valence-corrected chi connectivity index (χ2v) is 5.95. The minimum absolute atomic E-state index is 0.303. The molecule has 1 nitrogen and oxygen atoms in total. The predicted molar refractivity (Wildman–Crippen MR) is 75.3 cm³/mol. The van der Waals surface area contributed by atoms with E-state index in [4.69, 9.17) is 0 Å². The normalized spacial score (nSPS) is 14.1. The molecule has 0 amide bonds. The Balaban J connectivity index is 2.49. The Labute approximate surface area is 104 Å². The van der Waals surface area contributed by atoms with Crippen LogP contribution in [0.3, 0.4) is 0 Å². The summed E-state index contributed by atoms with van der Waals surface area (Å²) in [7, 11) is 0. The lowest BCUT2D eigenvalue weighted by molar-refractivity contribution is 0.232. The second-order valence-electron chi connectivity index (χ2n) is 5.95. The van der Waals surface area contributed by atoms with Crippen LogP contribution in [0.2, 0.25) is 0 Å². The summed E-state index contributed by atoms with van der Waals surface area (Å²) in [5.74, 6) is 0. The van der Waals surface area contributed by atoms with Gasteiger partial charge in [0.05, 0.1) is 0 Å². The van der Waals surface area contributed by atoms with Crippen LogP contribution in [-0.4, -0.2) is 4.57 Å². The fourth-order valence-corrected chi connectivity index (χ4v) is 2.64. The molecular weight excluding hydrogens is 206 g/mol. The maximum Gasteiger partial charge on any atom is 0.0483 e. The minimum Gasteiger partial charge on any atom is -0.344 e. The van der Waals surface area contributed by atoms with E-state index < -0.39 is 0 Å². The van der Waals surface area contributed by atoms with Gasteiger partial charge in [0.2, 0.25) is 0 Å². The minimum atomic E-state index is 0.303. The van der Waals surface area contributed by atoms with Crippen molar-refractivity contribution in [3.05, 3.63) is 36.5 Å². The summed E-state index contributed by atoms with van der Waals surface area (Å²) in [6, 6.07) is 11.5. The Morgan fingerprint density at radius 2 is 1.82 bits per heavy atom. The summed E-state index contributed by atoms with van der Waals surface area (Å²) in [4.78, 5) is 0. The van der Waals surface area contributed by atoms with Gasteiger partial charge in [0.1, 0.15) is 0 Å². The van der Waals surface area contributed by atoms with Gasteiger partial charge in [-0.1, -0.05) is 52.3 Å². The SMILES string of the molecule is CCCC(n1ccc2ccccc21)C(C)(C)C. The van der Waals surface area contributed by atoms with Crippen molar-refractivity contribution in [2.24, 2.45) is 5.41 Å². The van der Waals surface area contributed by atoms with Crippen molar-refractivity contribution in [2.75, 3.05) is 0 Å². The van der Waals surface area contributed by atoms with Gasteiger partial charge in [-0.05, 0) is 29.4 Å². The van der Waals surface area contributed by atoms with Gasteiger partial charge in [-0.2, -0.15) is 0 Å². The van der Waals surface area contributed by atoms with Crippen molar-refractivity contribution in [1.29, 1.82) is 0 Å². The number of hydrogen-bond donors (Lipinski definition) is 0. The lowest BCUT2D eigenvalue weighted by Gasteiger charge is -2.32. The van der Waals surface area contributed by atoms with Crippen LogP contribution in [0.1, 0.15) is 46.6 Å². The topological polar surface area (TPSA) is 4.93 Å². The maximum absolute atomic E-state index is 2.46. The molecule has 0 spiro atoms. The lowest BCUT2D eigenvalue weighted by Crippen LogP contribution is -2.23. The summed E-state index contributed by atoms with van der Waals surface area (Å²) in [5, 5.41) is 1.35. The molecule has 1 heteroatoms. The molecule has 1 atom stereocenters. The molecule has 0 aliphatic carbocycles. The first-order valence-electron chi connectivity index (χ1n) is 6.59. The Kier molecular flexibility index (Phi) is 3.28. The summed E-state index contributed by atoms with van der Waals surface area (Å²) < 4.78 is 2.46. The molecule has 2 rings (SSSR count). The molecule has 1 heterocycles. The van der Waals surface area contributed by atoms with Gasteiger partial charge in [-0.3, -0.25) is 0 Å². The van der Waals surface area contributed by atoms with Crippen LogP contribution in [0.25, 0.3) is 10.9 Å². The Morgan fingerprint density at radius 3 is 2.47 bits per heavy atom. The van der Waals surface area contributed by atoms with Crippen LogP contribution in [0.4, 0.5) is 0 Å². The van der Waals surface area contributed by atoms with Crippen molar-refractivity contribution >= 4 is 10.9 Å². The fourth-order valence-electron chi connectivity index (χ4n) is 2.64. The molecule has 0 bridgehead atoms. The number of aromatic nitrogens is 1. The number of rotatable bonds is 3. The van der Waals surface area contributed by atoms with E-state index in [1.54, 1.807) is 0 Å². The van der Waals surface area contributed by atoms with Gasteiger partial charge in [0, 0.05) is 17.8 Å². The summed E-state index contributed by atoms with van der Waals surface area (Å²) in [5.41, 5.74) is 1.67. The van der Waals surface area contributed by atoms with E-state index in [1.165, 1.54) is 23.7 Å². The Bertz CT molecular complexity index is 487. The summed E-state index contributed by atoms with van der Waals surface area (Å²) >= 11 is 0. The van der Waals surface area contributed by atoms with Crippen LogP contribution >= 0.6 is 0 Å². The third-order valence-corrected chi connectivity index (χ3v) is 3.53. The maximum atomic E-state index is 2.46. The zero-order valence-corrected chi connectivity index (χ0v) is 11.4. The first kappa shape index (κ1) is 12.2. The number of benzene rings is 1. The van der Waals surface area contributed by atoms with Gasteiger partial charge in [0.25, 0.3) is 0 Å². The van der Waals surface area contributed by atoms with Crippen molar-refractivity contribution in [3.8, 4) is 0 Å². The molecule has 0 N–H and O–H groups in total. The third kappa shape index (κ3) is 2.38. The van der Waals surface area contributed by atoms with E-state index in [0.717, 1.165) is 0 Å². The number of fused-ring (bicyclic) bond motifs is 1. The first-order chi connectivity index (χ1) is 8.04. The Hall–Kier alpha value is -1.24. The molecule has 17 heavy (non-hydrogen) atoms. The smallest absolute Gasteiger partial charge is 0.0483 e. The standard InChI is InChI=1S/C16H23N/c1-5-8-15(16(2,3)4)17-12-11-13-9-6-7-10-14(13)17/h6-7,9-12,15H,5,8H2,1-4H3. The molecule has 1 aromatic carbocycles. The van der Waals surface area contributed by atoms with Crippen LogP contribution in [-0.2, 0) is 0 Å². The lowest BCUT2D eigenvalue weighted by atomic mass is 9.84. The highest BCUT2D eigenvalue weighted by atomic mass is 15.0. The van der Waals surface area contributed by atoms with Gasteiger partial charge in [-0.25, -0.2) is 0 Å². The third-order valence-electron chi connectivity index (χ3n) is 3.53. The zero-order chi connectivity index (χ0) is 12.5. The van der Waals surface area contributed by atoms with Crippen LogP contribution < -0.4 is 0 Å². The van der Waals surface area contributed by atoms with E-state index in [2.05, 4.69) is 68.8 Å². The van der Waals surface area contributed by atoms with E-state index in [1.807, 2.05) is 0 Å². The first-order valence-corrected chi connectivity index (χ1v) is 6.59. The predicted octanol–water partition coefficient (Wildman–Crippen LogP) is 5.03. The van der Waals surface area contributed by atoms with Crippen LogP contribution in [0.5, 0.6) is 0 Å². The highest BCUT2D eigenvalue weighted by Crippen LogP contribution is 2.36. The van der Waals surface area contributed by atoms with Crippen LogP contribution in [0, 0.1) is 5.41 Å². The molecule has 0 aliphatic rings. The molecule has 0 fully saturated rings. The van der Waals surface area contributed by atoms with Crippen molar-refractivity contribution in [3.63, 3.8) is 0 Å². The fraction of sp³-hybridized carbons (Fsp3) is 0.500. The molecule has 0 saturated carbocycles. The molecule has 92 valence electrons. The van der Waals surface area contributed by atoms with E-state index in [-0.39, 0.29) is 0 Å². The van der Waals surface area contributed by atoms with E-state index in [0.29, 0.717) is 11.5 Å². The average Bonchev–Trinajstić information content (AvgIpc) is 2.68. The van der Waals surface area contributed by atoms with E-state index >= 15 is 0 Å². The van der Waals surface area contributed by atoms with Gasteiger partial charge >= 0.3 is 0 Å². The van der Waals surface area contributed by atoms with E-state index in [9.17, 15) is 0 Å². The molecular formula is C16H23N. The van der Waals surface area contributed by atoms with Crippen LogP contribution in [0.15, 0.2) is 36.5 Å². The summed E-state index contributed by atoms with van der Waals surface area (Å²) in [6.07, 6.45) is 4.72. The summed E-state index contributed by atoms with van der Waals surface area (Å²) in [6.45, 7) is 9.27. The highest BCUT2D eigenvalue weighted by molar-refractivity contribution is 5.80. The van der Waals surface area contributed by atoms with Gasteiger partial charge in [-0.15, -0.1) is 0 Å². The van der Waals surface area contributed by atoms with Crippen molar-refractivity contribution in [2.45, 2.75) is 46.6 Å². The van der Waals surface area contributed by atoms with Gasteiger partial charge < -0.3 is 4.57 Å². The zero-order valence-electron chi connectivity index (χ0n) is 11.4.